The molecule has 1 unspecified atom stereocenters. The van der Waals surface area contributed by atoms with Crippen LogP contribution in [0.2, 0.25) is 0 Å². The first-order valence-electron chi connectivity index (χ1n) is 6.86. The molecule has 1 aliphatic rings. The summed E-state index contributed by atoms with van der Waals surface area (Å²) < 4.78 is 0. The summed E-state index contributed by atoms with van der Waals surface area (Å²) >= 11 is 0. The fraction of sp³-hybridized carbons (Fsp3) is 1.00. The monoisotopic (exact) mass is 227 g/mol. The molecule has 96 valence electrons. The van der Waals surface area contributed by atoms with E-state index in [1.165, 1.54) is 52.0 Å². The maximum atomic E-state index is 3.48. The van der Waals surface area contributed by atoms with Crippen molar-refractivity contribution < 1.29 is 0 Å². The average molecular weight is 227 g/mol. The predicted molar refractivity (Wildman–Crippen MR) is 70.9 cm³/mol. The molecule has 1 saturated heterocycles. The third-order valence-corrected chi connectivity index (χ3v) is 3.48. The summed E-state index contributed by atoms with van der Waals surface area (Å²) in [5.74, 6) is 0. The first-order chi connectivity index (χ1) is 7.72. The van der Waals surface area contributed by atoms with Gasteiger partial charge in [0.05, 0.1) is 0 Å². The van der Waals surface area contributed by atoms with Gasteiger partial charge in [0.15, 0.2) is 0 Å². The topological polar surface area (TPSA) is 18.5 Å². The molecule has 0 saturated carbocycles. The van der Waals surface area contributed by atoms with Crippen molar-refractivity contribution in [1.82, 2.24) is 15.1 Å². The summed E-state index contributed by atoms with van der Waals surface area (Å²) in [6, 6.07) is 0.680. The average Bonchev–Trinajstić information content (AvgIpc) is 2.44. The molecule has 1 rings (SSSR count). The van der Waals surface area contributed by atoms with Crippen LogP contribution in [0.1, 0.15) is 33.1 Å². The van der Waals surface area contributed by atoms with E-state index in [9.17, 15) is 0 Å². The Morgan fingerprint density at radius 3 is 2.75 bits per heavy atom. The zero-order valence-corrected chi connectivity index (χ0v) is 11.3. The van der Waals surface area contributed by atoms with Gasteiger partial charge >= 0.3 is 0 Å². The van der Waals surface area contributed by atoms with E-state index in [4.69, 9.17) is 0 Å². The number of hydrogen-bond donors (Lipinski definition) is 1. The van der Waals surface area contributed by atoms with Crippen molar-refractivity contribution in [2.45, 2.75) is 39.2 Å². The lowest BCUT2D eigenvalue weighted by Gasteiger charge is -2.21. The van der Waals surface area contributed by atoms with E-state index in [2.05, 4.69) is 36.0 Å². The smallest absolute Gasteiger partial charge is 0.0109 e. The standard InChI is InChI=1S/C13H29N3/c1-4-14-13(2)7-5-9-16-10-6-8-15(3)11-12-16/h13-14H,4-12H2,1-3H3. The Balaban J connectivity index is 2.07. The third-order valence-electron chi connectivity index (χ3n) is 3.48. The van der Waals surface area contributed by atoms with Crippen LogP contribution < -0.4 is 5.32 Å². The third kappa shape index (κ3) is 5.83. The molecule has 3 heteroatoms. The Kier molecular flexibility index (Phi) is 7.01. The predicted octanol–water partition coefficient (Wildman–Crippen LogP) is 1.40. The van der Waals surface area contributed by atoms with Crippen LogP contribution >= 0.6 is 0 Å². The van der Waals surface area contributed by atoms with Crippen LogP contribution in [0.25, 0.3) is 0 Å². The molecule has 0 aliphatic carbocycles. The lowest BCUT2D eigenvalue weighted by atomic mass is 10.1. The van der Waals surface area contributed by atoms with Crippen LogP contribution in [0.3, 0.4) is 0 Å². The number of rotatable bonds is 6. The van der Waals surface area contributed by atoms with Gasteiger partial charge in [0.25, 0.3) is 0 Å². The minimum Gasteiger partial charge on any atom is -0.315 e. The second-order valence-corrected chi connectivity index (χ2v) is 5.10. The summed E-state index contributed by atoms with van der Waals surface area (Å²) in [4.78, 5) is 5.07. The number of nitrogens with zero attached hydrogens (tertiary/aromatic N) is 2. The van der Waals surface area contributed by atoms with Gasteiger partial charge in [-0.3, -0.25) is 0 Å². The van der Waals surface area contributed by atoms with E-state index in [1.54, 1.807) is 0 Å². The fourth-order valence-electron chi connectivity index (χ4n) is 2.40. The minimum absolute atomic E-state index is 0.680. The zero-order chi connectivity index (χ0) is 11.8. The van der Waals surface area contributed by atoms with Gasteiger partial charge < -0.3 is 15.1 Å². The molecule has 1 atom stereocenters. The van der Waals surface area contributed by atoms with Crippen molar-refractivity contribution in [2.24, 2.45) is 0 Å². The van der Waals surface area contributed by atoms with Gasteiger partial charge in [0, 0.05) is 19.1 Å². The van der Waals surface area contributed by atoms with E-state index in [0.717, 1.165) is 6.54 Å². The lowest BCUT2D eigenvalue weighted by molar-refractivity contribution is 0.267. The minimum atomic E-state index is 0.680. The quantitative estimate of drug-likeness (QED) is 0.740. The van der Waals surface area contributed by atoms with Crippen LogP contribution in [0, 0.1) is 0 Å². The summed E-state index contributed by atoms with van der Waals surface area (Å²) in [5, 5.41) is 3.48. The highest BCUT2D eigenvalue weighted by atomic mass is 15.2. The molecule has 16 heavy (non-hydrogen) atoms. The highest BCUT2D eigenvalue weighted by Gasteiger charge is 2.11. The Labute approximate surface area is 101 Å². The summed E-state index contributed by atoms with van der Waals surface area (Å²) in [6.45, 7) is 11.9. The van der Waals surface area contributed by atoms with Gasteiger partial charge in [0.1, 0.15) is 0 Å². The largest absolute Gasteiger partial charge is 0.315 e. The van der Waals surface area contributed by atoms with Crippen LogP contribution in [0.4, 0.5) is 0 Å². The van der Waals surface area contributed by atoms with E-state index in [-0.39, 0.29) is 0 Å². The fourth-order valence-corrected chi connectivity index (χ4v) is 2.40. The molecule has 0 spiro atoms. The summed E-state index contributed by atoms with van der Waals surface area (Å²) in [7, 11) is 2.23. The van der Waals surface area contributed by atoms with Crippen molar-refractivity contribution in [3.8, 4) is 0 Å². The van der Waals surface area contributed by atoms with Gasteiger partial charge in [-0.05, 0) is 59.4 Å². The Morgan fingerprint density at radius 2 is 2.00 bits per heavy atom. The zero-order valence-electron chi connectivity index (χ0n) is 11.3. The SMILES string of the molecule is CCNC(C)CCCN1CCCN(C)CC1. The van der Waals surface area contributed by atoms with Gasteiger partial charge in [-0.1, -0.05) is 6.92 Å². The maximum Gasteiger partial charge on any atom is 0.0109 e. The summed E-state index contributed by atoms with van der Waals surface area (Å²) in [5.41, 5.74) is 0. The van der Waals surface area contributed by atoms with Gasteiger partial charge in [-0.15, -0.1) is 0 Å². The normalized spacial score (nSPS) is 21.9. The van der Waals surface area contributed by atoms with E-state index >= 15 is 0 Å². The molecule has 1 heterocycles. The van der Waals surface area contributed by atoms with Gasteiger partial charge in [0.2, 0.25) is 0 Å². The number of likely N-dealkylation sites (N-methyl/N-ethyl adjacent to an activating group) is 1. The molecular weight excluding hydrogens is 198 g/mol. The number of hydrogen-bond acceptors (Lipinski definition) is 3. The molecule has 0 amide bonds. The van der Waals surface area contributed by atoms with Crippen molar-refractivity contribution in [3.63, 3.8) is 0 Å². The molecule has 1 fully saturated rings. The Bertz CT molecular complexity index is 173. The highest BCUT2D eigenvalue weighted by Crippen LogP contribution is 2.04. The second-order valence-electron chi connectivity index (χ2n) is 5.10. The molecule has 0 bridgehead atoms. The lowest BCUT2D eigenvalue weighted by Crippen LogP contribution is -2.31. The highest BCUT2D eigenvalue weighted by molar-refractivity contribution is 4.68. The molecule has 0 aromatic carbocycles. The molecule has 3 nitrogen and oxygen atoms in total. The van der Waals surface area contributed by atoms with Gasteiger partial charge in [-0.2, -0.15) is 0 Å². The van der Waals surface area contributed by atoms with E-state index < -0.39 is 0 Å². The molecule has 1 N–H and O–H groups in total. The van der Waals surface area contributed by atoms with Crippen molar-refractivity contribution in [3.05, 3.63) is 0 Å². The molecule has 0 aromatic heterocycles. The van der Waals surface area contributed by atoms with Crippen LogP contribution in [-0.2, 0) is 0 Å². The first kappa shape index (κ1) is 13.9. The maximum absolute atomic E-state index is 3.48. The summed E-state index contributed by atoms with van der Waals surface area (Å²) in [6.07, 6.45) is 3.97. The first-order valence-corrected chi connectivity index (χ1v) is 6.86. The van der Waals surface area contributed by atoms with Gasteiger partial charge in [-0.25, -0.2) is 0 Å². The molecule has 0 aromatic rings. The molecular formula is C13H29N3. The van der Waals surface area contributed by atoms with Crippen LogP contribution in [0.5, 0.6) is 0 Å². The second kappa shape index (κ2) is 8.04. The van der Waals surface area contributed by atoms with Crippen LogP contribution in [0.15, 0.2) is 0 Å². The molecule has 1 aliphatic heterocycles. The van der Waals surface area contributed by atoms with Crippen molar-refractivity contribution in [2.75, 3.05) is 46.3 Å². The number of nitrogens with one attached hydrogen (secondary N) is 1. The van der Waals surface area contributed by atoms with E-state index in [1.807, 2.05) is 0 Å². The molecule has 0 radical (unpaired) electrons. The van der Waals surface area contributed by atoms with Crippen molar-refractivity contribution >= 4 is 0 Å². The Morgan fingerprint density at radius 1 is 1.19 bits per heavy atom. The van der Waals surface area contributed by atoms with Crippen molar-refractivity contribution in [1.29, 1.82) is 0 Å². The van der Waals surface area contributed by atoms with Crippen LogP contribution in [-0.4, -0.2) is 62.2 Å². The Hall–Kier alpha value is -0.120. The van der Waals surface area contributed by atoms with E-state index in [0.29, 0.717) is 6.04 Å².